The maximum Gasteiger partial charge on any atom is 0.254 e. The largest absolute Gasteiger partial charge is 0.497 e. The van der Waals surface area contributed by atoms with Gasteiger partial charge in [-0.1, -0.05) is 23.2 Å². The summed E-state index contributed by atoms with van der Waals surface area (Å²) in [7, 11) is 1.41. The van der Waals surface area contributed by atoms with Gasteiger partial charge in [-0.15, -0.1) is 0 Å². The zero-order valence-electron chi connectivity index (χ0n) is 13.2. The smallest absolute Gasteiger partial charge is 0.254 e. The molecule has 0 aliphatic heterocycles. The molecule has 0 unspecified atom stereocenters. The molecule has 2 N–H and O–H groups in total. The van der Waals surface area contributed by atoms with Gasteiger partial charge in [0.05, 0.1) is 22.7 Å². The number of amides is 2. The van der Waals surface area contributed by atoms with Gasteiger partial charge in [0.1, 0.15) is 11.6 Å². The van der Waals surface area contributed by atoms with Crippen LogP contribution in [0.25, 0.3) is 0 Å². The first kappa shape index (κ1) is 19.0. The van der Waals surface area contributed by atoms with E-state index in [1.807, 2.05) is 0 Å². The number of halogens is 3. The van der Waals surface area contributed by atoms with Crippen molar-refractivity contribution in [1.82, 2.24) is 10.6 Å². The van der Waals surface area contributed by atoms with Crippen LogP contribution in [-0.2, 0) is 0 Å². The molecular weight excluding hydrogens is 370 g/mol. The summed E-state index contributed by atoms with van der Waals surface area (Å²) in [6.45, 7) is 0.306. The van der Waals surface area contributed by atoms with Crippen molar-refractivity contribution in [2.24, 2.45) is 0 Å². The lowest BCUT2D eigenvalue weighted by molar-refractivity contribution is 0.0925. The SMILES string of the molecule is COc1ccc(C(=O)NCCNC(=O)c2ccc(Cl)c(Cl)c2)c(F)c1. The van der Waals surface area contributed by atoms with Crippen LogP contribution < -0.4 is 15.4 Å². The zero-order valence-corrected chi connectivity index (χ0v) is 14.7. The molecule has 25 heavy (non-hydrogen) atoms. The summed E-state index contributed by atoms with van der Waals surface area (Å²) in [5.41, 5.74) is 0.249. The van der Waals surface area contributed by atoms with Crippen LogP contribution >= 0.6 is 23.2 Å². The Labute approximate surface area is 154 Å². The van der Waals surface area contributed by atoms with Gasteiger partial charge >= 0.3 is 0 Å². The van der Waals surface area contributed by atoms with Gasteiger partial charge < -0.3 is 15.4 Å². The maximum atomic E-state index is 13.8. The minimum absolute atomic E-state index is 0.100. The Morgan fingerprint density at radius 1 is 1.00 bits per heavy atom. The molecule has 5 nitrogen and oxygen atoms in total. The first-order valence-corrected chi connectivity index (χ1v) is 8.03. The fourth-order valence-corrected chi connectivity index (χ4v) is 2.29. The monoisotopic (exact) mass is 384 g/mol. The highest BCUT2D eigenvalue weighted by atomic mass is 35.5. The zero-order chi connectivity index (χ0) is 18.4. The van der Waals surface area contributed by atoms with Crippen molar-refractivity contribution in [3.8, 4) is 5.75 Å². The second kappa shape index (κ2) is 8.69. The molecule has 0 heterocycles. The Morgan fingerprint density at radius 2 is 1.68 bits per heavy atom. The van der Waals surface area contributed by atoms with Crippen molar-refractivity contribution >= 4 is 35.0 Å². The number of hydrogen-bond acceptors (Lipinski definition) is 3. The second-order valence-electron chi connectivity index (χ2n) is 4.99. The van der Waals surface area contributed by atoms with Crippen LogP contribution in [0.4, 0.5) is 4.39 Å². The average Bonchev–Trinajstić information content (AvgIpc) is 2.60. The van der Waals surface area contributed by atoms with Crippen LogP contribution in [0.2, 0.25) is 10.0 Å². The number of ether oxygens (including phenoxy) is 1. The molecule has 2 amide bonds. The van der Waals surface area contributed by atoms with Crippen molar-refractivity contribution in [1.29, 1.82) is 0 Å². The van der Waals surface area contributed by atoms with Crippen LogP contribution in [0.5, 0.6) is 5.75 Å². The molecule has 0 fully saturated rings. The Hall–Kier alpha value is -2.31. The lowest BCUT2D eigenvalue weighted by Gasteiger charge is -2.09. The Bertz CT molecular complexity index is 799. The van der Waals surface area contributed by atoms with Gasteiger partial charge in [-0.2, -0.15) is 0 Å². The normalized spacial score (nSPS) is 10.2. The van der Waals surface area contributed by atoms with E-state index in [1.165, 1.54) is 37.4 Å². The summed E-state index contributed by atoms with van der Waals surface area (Å²) in [5.74, 6) is -1.30. The Morgan fingerprint density at radius 3 is 2.28 bits per heavy atom. The van der Waals surface area contributed by atoms with Crippen molar-refractivity contribution in [3.05, 3.63) is 63.4 Å². The third kappa shape index (κ3) is 5.08. The minimum Gasteiger partial charge on any atom is -0.497 e. The Balaban J connectivity index is 1.83. The summed E-state index contributed by atoms with van der Waals surface area (Å²) in [5, 5.41) is 5.77. The van der Waals surface area contributed by atoms with E-state index in [1.54, 1.807) is 0 Å². The van der Waals surface area contributed by atoms with E-state index in [-0.39, 0.29) is 29.6 Å². The number of nitrogens with one attached hydrogen (secondary N) is 2. The second-order valence-corrected chi connectivity index (χ2v) is 5.80. The Kier molecular flexibility index (Phi) is 6.61. The van der Waals surface area contributed by atoms with Gasteiger partial charge in [0.2, 0.25) is 0 Å². The fraction of sp³-hybridized carbons (Fsp3) is 0.176. The topological polar surface area (TPSA) is 67.4 Å². The predicted octanol–water partition coefficient (Wildman–Crippen LogP) is 3.30. The molecule has 0 saturated heterocycles. The highest BCUT2D eigenvalue weighted by molar-refractivity contribution is 6.42. The highest BCUT2D eigenvalue weighted by Gasteiger charge is 2.12. The highest BCUT2D eigenvalue weighted by Crippen LogP contribution is 2.22. The number of benzene rings is 2. The van der Waals surface area contributed by atoms with Crippen molar-refractivity contribution in [2.45, 2.75) is 0 Å². The molecule has 0 spiro atoms. The van der Waals surface area contributed by atoms with E-state index in [0.717, 1.165) is 6.07 Å². The van der Waals surface area contributed by atoms with Crippen LogP contribution in [0.1, 0.15) is 20.7 Å². The third-order valence-electron chi connectivity index (χ3n) is 3.30. The van der Waals surface area contributed by atoms with E-state index in [4.69, 9.17) is 27.9 Å². The van der Waals surface area contributed by atoms with E-state index in [0.29, 0.717) is 16.3 Å². The first-order valence-electron chi connectivity index (χ1n) is 7.27. The number of carbonyl (C=O) groups is 2. The van der Waals surface area contributed by atoms with Crippen molar-refractivity contribution in [3.63, 3.8) is 0 Å². The van der Waals surface area contributed by atoms with Gasteiger partial charge in [0, 0.05) is 24.7 Å². The molecule has 0 aromatic heterocycles. The molecular formula is C17H15Cl2FN2O3. The van der Waals surface area contributed by atoms with Gasteiger partial charge in [-0.25, -0.2) is 4.39 Å². The van der Waals surface area contributed by atoms with Crippen LogP contribution in [0.3, 0.4) is 0 Å². The van der Waals surface area contributed by atoms with Crippen molar-refractivity contribution < 1.29 is 18.7 Å². The molecule has 132 valence electrons. The fourth-order valence-electron chi connectivity index (χ4n) is 1.99. The van der Waals surface area contributed by atoms with Crippen LogP contribution in [0, 0.1) is 5.82 Å². The van der Waals surface area contributed by atoms with Crippen molar-refractivity contribution in [2.75, 3.05) is 20.2 Å². The molecule has 0 saturated carbocycles. The predicted molar refractivity (Wildman–Crippen MR) is 94.1 cm³/mol. The number of rotatable bonds is 6. The molecule has 8 heteroatoms. The quantitative estimate of drug-likeness (QED) is 0.750. The molecule has 0 aliphatic carbocycles. The van der Waals surface area contributed by atoms with E-state index in [9.17, 15) is 14.0 Å². The number of hydrogen-bond donors (Lipinski definition) is 2. The summed E-state index contributed by atoms with van der Waals surface area (Å²) in [4.78, 5) is 23.9. The summed E-state index contributed by atoms with van der Waals surface area (Å²) >= 11 is 11.6. The van der Waals surface area contributed by atoms with Crippen LogP contribution in [0.15, 0.2) is 36.4 Å². The molecule has 0 bridgehead atoms. The molecule has 0 atom stereocenters. The third-order valence-corrected chi connectivity index (χ3v) is 4.04. The minimum atomic E-state index is -0.684. The van der Waals surface area contributed by atoms with Gasteiger partial charge in [0.15, 0.2) is 0 Å². The van der Waals surface area contributed by atoms with E-state index >= 15 is 0 Å². The van der Waals surface area contributed by atoms with Gasteiger partial charge in [0.25, 0.3) is 11.8 Å². The van der Waals surface area contributed by atoms with E-state index in [2.05, 4.69) is 10.6 Å². The van der Waals surface area contributed by atoms with E-state index < -0.39 is 11.7 Å². The molecule has 0 radical (unpaired) electrons. The lowest BCUT2D eigenvalue weighted by atomic mass is 10.2. The number of carbonyl (C=O) groups excluding carboxylic acids is 2. The lowest BCUT2D eigenvalue weighted by Crippen LogP contribution is -2.35. The summed E-state index contributed by atoms with van der Waals surface area (Å²) in [6.07, 6.45) is 0. The van der Waals surface area contributed by atoms with Gasteiger partial charge in [-0.3, -0.25) is 9.59 Å². The molecule has 2 aromatic rings. The standard InChI is InChI=1S/C17H15Cl2FN2O3/c1-25-11-3-4-12(15(20)9-11)17(24)22-7-6-21-16(23)10-2-5-13(18)14(19)8-10/h2-5,8-9H,6-7H2,1H3,(H,21,23)(H,22,24). The molecule has 0 aliphatic rings. The van der Waals surface area contributed by atoms with Crippen LogP contribution in [-0.4, -0.2) is 32.0 Å². The maximum absolute atomic E-state index is 13.8. The number of methoxy groups -OCH3 is 1. The summed E-state index contributed by atoms with van der Waals surface area (Å²) in [6, 6.07) is 8.45. The first-order chi connectivity index (χ1) is 11.9. The average molecular weight is 385 g/mol. The molecule has 2 rings (SSSR count). The van der Waals surface area contributed by atoms with Gasteiger partial charge in [-0.05, 0) is 30.3 Å². The molecule has 2 aromatic carbocycles. The summed E-state index contributed by atoms with van der Waals surface area (Å²) < 4.78 is 18.7.